The molecule has 0 bridgehead atoms. The average molecular weight is 364 g/mol. The van der Waals surface area contributed by atoms with Crippen LogP contribution >= 0.6 is 0 Å². The maximum atomic E-state index is 13.0. The number of carbonyl (C=O) groups excluding carboxylic acids is 1. The Labute approximate surface area is 162 Å². The van der Waals surface area contributed by atoms with Crippen LogP contribution in [-0.4, -0.2) is 42.0 Å². The summed E-state index contributed by atoms with van der Waals surface area (Å²) in [5.41, 5.74) is 2.57. The highest BCUT2D eigenvalue weighted by atomic mass is 16.2. The molecule has 142 valence electrons. The van der Waals surface area contributed by atoms with Gasteiger partial charge in [0.1, 0.15) is 5.82 Å². The number of amides is 1. The van der Waals surface area contributed by atoms with Crippen LogP contribution in [0, 0.1) is 18.8 Å². The molecule has 1 aromatic carbocycles. The molecule has 4 rings (SSSR count). The van der Waals surface area contributed by atoms with E-state index in [1.165, 1.54) is 11.1 Å². The third kappa shape index (κ3) is 4.32. The van der Waals surface area contributed by atoms with Crippen LogP contribution in [0.2, 0.25) is 0 Å². The van der Waals surface area contributed by atoms with E-state index >= 15 is 0 Å². The number of rotatable bonds is 4. The van der Waals surface area contributed by atoms with Crippen LogP contribution in [0.1, 0.15) is 30.4 Å². The molecule has 1 aromatic heterocycles. The number of benzene rings is 1. The van der Waals surface area contributed by atoms with Crippen LogP contribution in [-0.2, 0) is 11.2 Å². The summed E-state index contributed by atoms with van der Waals surface area (Å²) in [7, 11) is 0. The minimum absolute atomic E-state index is 0.183. The Morgan fingerprint density at radius 3 is 2.52 bits per heavy atom. The predicted octanol–water partition coefficient (Wildman–Crippen LogP) is 3.70. The van der Waals surface area contributed by atoms with Gasteiger partial charge in [0.05, 0.1) is 0 Å². The lowest BCUT2D eigenvalue weighted by Crippen LogP contribution is -2.42. The molecule has 2 aliphatic rings. The molecule has 2 aromatic rings. The van der Waals surface area contributed by atoms with E-state index < -0.39 is 0 Å². The molecule has 0 saturated carbocycles. The third-order valence-electron chi connectivity index (χ3n) is 6.03. The van der Waals surface area contributed by atoms with Gasteiger partial charge in [-0.15, -0.1) is 0 Å². The second-order valence-corrected chi connectivity index (χ2v) is 8.08. The van der Waals surface area contributed by atoms with Gasteiger partial charge in [-0.3, -0.25) is 4.79 Å². The normalized spacial score (nSPS) is 20.9. The van der Waals surface area contributed by atoms with Crippen molar-refractivity contribution in [2.45, 2.75) is 32.6 Å². The molecule has 2 saturated heterocycles. The number of likely N-dealkylation sites (tertiary alicyclic amines) is 1. The van der Waals surface area contributed by atoms with E-state index in [2.05, 4.69) is 64.2 Å². The van der Waals surface area contributed by atoms with Gasteiger partial charge in [-0.05, 0) is 55.7 Å². The monoisotopic (exact) mass is 363 g/mol. The number of nitrogens with zero attached hydrogens (tertiary/aromatic N) is 3. The first-order valence-electron chi connectivity index (χ1n) is 10.2. The van der Waals surface area contributed by atoms with Crippen LogP contribution in [0.15, 0.2) is 48.7 Å². The van der Waals surface area contributed by atoms with Crippen LogP contribution < -0.4 is 4.90 Å². The quantitative estimate of drug-likeness (QED) is 0.831. The number of anilines is 1. The molecule has 0 aliphatic carbocycles. The van der Waals surface area contributed by atoms with Crippen molar-refractivity contribution in [3.8, 4) is 0 Å². The van der Waals surface area contributed by atoms with Crippen LogP contribution in [0.25, 0.3) is 0 Å². The Balaban J connectivity index is 1.27. The first-order chi connectivity index (χ1) is 13.2. The van der Waals surface area contributed by atoms with Crippen molar-refractivity contribution in [2.75, 3.05) is 31.1 Å². The maximum Gasteiger partial charge on any atom is 0.225 e. The lowest BCUT2D eigenvalue weighted by molar-refractivity contribution is -0.135. The minimum Gasteiger partial charge on any atom is -0.357 e. The molecule has 0 spiro atoms. The molecule has 1 atom stereocenters. The average Bonchev–Trinajstić information content (AvgIpc) is 3.17. The van der Waals surface area contributed by atoms with Crippen molar-refractivity contribution in [3.63, 3.8) is 0 Å². The van der Waals surface area contributed by atoms with Gasteiger partial charge in [0, 0.05) is 38.3 Å². The minimum atomic E-state index is 0.183. The van der Waals surface area contributed by atoms with Gasteiger partial charge >= 0.3 is 0 Å². The summed E-state index contributed by atoms with van der Waals surface area (Å²) >= 11 is 0. The highest BCUT2D eigenvalue weighted by molar-refractivity contribution is 5.79. The van der Waals surface area contributed by atoms with Crippen LogP contribution in [0.5, 0.6) is 0 Å². The summed E-state index contributed by atoms with van der Waals surface area (Å²) in [4.78, 5) is 21.9. The highest BCUT2D eigenvalue weighted by Crippen LogP contribution is 2.27. The number of hydrogen-bond acceptors (Lipinski definition) is 3. The number of hydrogen-bond donors (Lipinski definition) is 0. The van der Waals surface area contributed by atoms with Gasteiger partial charge < -0.3 is 9.80 Å². The molecule has 3 heterocycles. The van der Waals surface area contributed by atoms with E-state index in [0.717, 1.165) is 57.7 Å². The molecule has 0 radical (unpaired) electrons. The SMILES string of the molecule is Cc1ccc(N2CCC(C(=O)N3CCC(Cc4ccccc4)C3)CC2)nc1. The summed E-state index contributed by atoms with van der Waals surface area (Å²) in [5, 5.41) is 0. The number of pyridine rings is 1. The zero-order chi connectivity index (χ0) is 18.6. The molecule has 2 aliphatic heterocycles. The Morgan fingerprint density at radius 2 is 1.81 bits per heavy atom. The second-order valence-electron chi connectivity index (χ2n) is 8.08. The fourth-order valence-corrected chi connectivity index (χ4v) is 4.41. The van der Waals surface area contributed by atoms with Crippen molar-refractivity contribution in [1.29, 1.82) is 0 Å². The fourth-order valence-electron chi connectivity index (χ4n) is 4.41. The van der Waals surface area contributed by atoms with Gasteiger partial charge in [-0.25, -0.2) is 4.98 Å². The van der Waals surface area contributed by atoms with E-state index in [1.807, 2.05) is 6.20 Å². The molecule has 27 heavy (non-hydrogen) atoms. The lowest BCUT2D eigenvalue weighted by Gasteiger charge is -2.34. The van der Waals surface area contributed by atoms with Crippen molar-refractivity contribution in [1.82, 2.24) is 9.88 Å². The molecule has 1 amide bonds. The van der Waals surface area contributed by atoms with E-state index in [1.54, 1.807) is 0 Å². The Kier molecular flexibility index (Phi) is 5.42. The van der Waals surface area contributed by atoms with Gasteiger partial charge in [0.25, 0.3) is 0 Å². The second kappa shape index (κ2) is 8.12. The first kappa shape index (κ1) is 18.0. The lowest BCUT2D eigenvalue weighted by atomic mass is 9.95. The summed E-state index contributed by atoms with van der Waals surface area (Å²) in [6.07, 6.45) is 6.01. The predicted molar refractivity (Wildman–Crippen MR) is 109 cm³/mol. The van der Waals surface area contributed by atoms with Gasteiger partial charge in [-0.2, -0.15) is 0 Å². The highest BCUT2D eigenvalue weighted by Gasteiger charge is 2.33. The molecule has 4 nitrogen and oxygen atoms in total. The molecule has 2 fully saturated rings. The Bertz CT molecular complexity index is 751. The Hall–Kier alpha value is -2.36. The van der Waals surface area contributed by atoms with Crippen LogP contribution in [0.4, 0.5) is 5.82 Å². The zero-order valence-electron chi connectivity index (χ0n) is 16.2. The van der Waals surface area contributed by atoms with E-state index in [-0.39, 0.29) is 5.92 Å². The van der Waals surface area contributed by atoms with Gasteiger partial charge in [-0.1, -0.05) is 36.4 Å². The van der Waals surface area contributed by atoms with Gasteiger partial charge in [0.15, 0.2) is 0 Å². The number of aromatic nitrogens is 1. The van der Waals surface area contributed by atoms with E-state index in [4.69, 9.17) is 0 Å². The van der Waals surface area contributed by atoms with Gasteiger partial charge in [0.2, 0.25) is 5.91 Å². The Morgan fingerprint density at radius 1 is 1.04 bits per heavy atom. The van der Waals surface area contributed by atoms with Crippen molar-refractivity contribution in [2.24, 2.45) is 11.8 Å². The molecule has 1 unspecified atom stereocenters. The van der Waals surface area contributed by atoms with E-state index in [0.29, 0.717) is 11.8 Å². The van der Waals surface area contributed by atoms with Crippen molar-refractivity contribution in [3.05, 3.63) is 59.8 Å². The van der Waals surface area contributed by atoms with E-state index in [9.17, 15) is 4.79 Å². The third-order valence-corrected chi connectivity index (χ3v) is 6.03. The molecule has 0 N–H and O–H groups in total. The topological polar surface area (TPSA) is 36.4 Å². The smallest absolute Gasteiger partial charge is 0.225 e. The molecular formula is C23H29N3O. The fraction of sp³-hybridized carbons (Fsp3) is 0.478. The number of piperidine rings is 1. The van der Waals surface area contributed by atoms with Crippen LogP contribution in [0.3, 0.4) is 0 Å². The largest absolute Gasteiger partial charge is 0.357 e. The standard InChI is InChI=1S/C23H29N3O/c1-18-7-8-22(24-16-18)25-13-10-21(11-14-25)23(27)26-12-9-20(17-26)15-19-5-3-2-4-6-19/h2-8,16,20-21H,9-15,17H2,1H3. The summed E-state index contributed by atoms with van der Waals surface area (Å²) in [6.45, 7) is 5.76. The first-order valence-corrected chi connectivity index (χ1v) is 10.2. The van der Waals surface area contributed by atoms with Crippen molar-refractivity contribution < 1.29 is 4.79 Å². The maximum absolute atomic E-state index is 13.0. The molecule has 4 heteroatoms. The summed E-state index contributed by atoms with van der Waals surface area (Å²) < 4.78 is 0. The summed E-state index contributed by atoms with van der Waals surface area (Å²) in [5.74, 6) is 2.20. The van der Waals surface area contributed by atoms with Crippen molar-refractivity contribution >= 4 is 11.7 Å². The zero-order valence-corrected chi connectivity index (χ0v) is 16.2. The summed E-state index contributed by atoms with van der Waals surface area (Å²) in [6, 6.07) is 14.8. The number of aryl methyl sites for hydroxylation is 1. The number of carbonyl (C=O) groups is 1. The molecular weight excluding hydrogens is 334 g/mol.